The van der Waals surface area contributed by atoms with E-state index >= 15 is 0 Å². The fourth-order valence-corrected chi connectivity index (χ4v) is 3.97. The lowest BCUT2D eigenvalue weighted by molar-refractivity contribution is 0.0243. The highest BCUT2D eigenvalue weighted by molar-refractivity contribution is 14.0. The van der Waals surface area contributed by atoms with Gasteiger partial charge in [0.25, 0.3) is 0 Å². The van der Waals surface area contributed by atoms with Gasteiger partial charge in [0, 0.05) is 33.3 Å². The Morgan fingerprint density at radius 1 is 1.04 bits per heavy atom. The zero-order chi connectivity index (χ0) is 19.0. The maximum Gasteiger partial charge on any atom is 0.191 e. The normalized spacial score (nSPS) is 23.7. The number of nitrogens with zero attached hydrogens (tertiary/aromatic N) is 2. The van der Waals surface area contributed by atoms with E-state index in [-0.39, 0.29) is 29.6 Å². The molecule has 5 nitrogen and oxygen atoms in total. The van der Waals surface area contributed by atoms with Gasteiger partial charge in [-0.05, 0) is 56.8 Å². The van der Waals surface area contributed by atoms with Crippen LogP contribution in [0.15, 0.2) is 29.3 Å². The van der Waals surface area contributed by atoms with E-state index in [4.69, 9.17) is 4.74 Å². The Hall–Kier alpha value is -0.860. The summed E-state index contributed by atoms with van der Waals surface area (Å²) in [5.74, 6) is 0.834. The summed E-state index contributed by atoms with van der Waals surface area (Å²) < 4.78 is 5.83. The molecule has 0 spiro atoms. The lowest BCUT2D eigenvalue weighted by Gasteiger charge is -2.24. The summed E-state index contributed by atoms with van der Waals surface area (Å²) in [4.78, 5) is 6.93. The van der Waals surface area contributed by atoms with Crippen LogP contribution < -0.4 is 10.6 Å². The number of halogens is 1. The van der Waals surface area contributed by atoms with E-state index in [0.717, 1.165) is 45.0 Å². The Balaban J connectivity index is 0.00000280. The minimum atomic E-state index is -0.0629. The van der Waals surface area contributed by atoms with Crippen LogP contribution in [0.1, 0.15) is 56.6 Å². The Morgan fingerprint density at radius 3 is 2.32 bits per heavy atom. The van der Waals surface area contributed by atoms with Crippen LogP contribution in [0.25, 0.3) is 0 Å². The molecule has 0 bridgehead atoms. The third-order valence-electron chi connectivity index (χ3n) is 5.74. The van der Waals surface area contributed by atoms with Gasteiger partial charge in [0.15, 0.2) is 5.96 Å². The lowest BCUT2D eigenvalue weighted by Crippen LogP contribution is -2.45. The van der Waals surface area contributed by atoms with E-state index in [0.29, 0.717) is 0 Å². The van der Waals surface area contributed by atoms with Crippen LogP contribution in [-0.2, 0) is 17.8 Å². The molecule has 2 fully saturated rings. The van der Waals surface area contributed by atoms with Gasteiger partial charge >= 0.3 is 0 Å². The van der Waals surface area contributed by atoms with Crippen LogP contribution >= 0.6 is 24.0 Å². The minimum absolute atomic E-state index is 0. The Kier molecular flexibility index (Phi) is 10.0. The maximum absolute atomic E-state index is 5.83. The van der Waals surface area contributed by atoms with E-state index in [2.05, 4.69) is 51.7 Å². The molecule has 158 valence electrons. The number of aliphatic imine (C=N–C) groups is 1. The molecule has 1 aromatic rings. The molecule has 0 aliphatic carbocycles. The van der Waals surface area contributed by atoms with E-state index in [1.807, 2.05) is 7.05 Å². The fraction of sp³-hybridized carbons (Fsp3) is 0.682. The molecule has 1 aromatic carbocycles. The standard InChI is InChI=1S/C22H36N4O.HI/c1-22(12-7-15-27-22)18-25-21(23-2)24-16-19-8-10-20(11-9-19)17-26-13-5-3-4-6-14-26;/h8-11H,3-7,12-18H2,1-2H3,(H2,23,24,25);1H. The minimum Gasteiger partial charge on any atom is -0.373 e. The van der Waals surface area contributed by atoms with Crippen molar-refractivity contribution in [2.24, 2.45) is 4.99 Å². The molecule has 2 N–H and O–H groups in total. The Labute approximate surface area is 187 Å². The number of likely N-dealkylation sites (tertiary alicyclic amines) is 1. The molecular formula is C22H37IN4O. The quantitative estimate of drug-likeness (QED) is 0.353. The molecule has 2 saturated heterocycles. The summed E-state index contributed by atoms with van der Waals surface area (Å²) >= 11 is 0. The van der Waals surface area contributed by atoms with Crippen molar-refractivity contribution in [1.29, 1.82) is 0 Å². The average Bonchev–Trinajstić information content (AvgIpc) is 2.96. The van der Waals surface area contributed by atoms with Crippen LogP contribution in [0.2, 0.25) is 0 Å². The van der Waals surface area contributed by atoms with Gasteiger partial charge in [-0.15, -0.1) is 24.0 Å². The molecule has 28 heavy (non-hydrogen) atoms. The second-order valence-electron chi connectivity index (χ2n) is 8.19. The van der Waals surface area contributed by atoms with Crippen molar-refractivity contribution in [3.8, 4) is 0 Å². The molecule has 2 aliphatic rings. The molecule has 0 radical (unpaired) electrons. The fourth-order valence-electron chi connectivity index (χ4n) is 3.97. The molecule has 6 heteroatoms. The van der Waals surface area contributed by atoms with Crippen LogP contribution in [0.3, 0.4) is 0 Å². The second-order valence-corrected chi connectivity index (χ2v) is 8.19. The highest BCUT2D eigenvalue weighted by Crippen LogP contribution is 2.23. The summed E-state index contributed by atoms with van der Waals surface area (Å²) in [5, 5.41) is 6.81. The van der Waals surface area contributed by atoms with Crippen molar-refractivity contribution in [3.05, 3.63) is 35.4 Å². The maximum atomic E-state index is 5.83. The molecule has 1 unspecified atom stereocenters. The van der Waals surface area contributed by atoms with Crippen LogP contribution in [-0.4, -0.2) is 49.7 Å². The number of hydrogen-bond donors (Lipinski definition) is 2. The van der Waals surface area contributed by atoms with Crippen molar-refractivity contribution in [2.75, 3.05) is 33.3 Å². The van der Waals surface area contributed by atoms with Gasteiger partial charge < -0.3 is 15.4 Å². The van der Waals surface area contributed by atoms with Crippen molar-refractivity contribution in [3.63, 3.8) is 0 Å². The molecular weight excluding hydrogens is 463 g/mol. The van der Waals surface area contributed by atoms with Crippen LogP contribution in [0.4, 0.5) is 0 Å². The number of rotatable bonds is 6. The molecule has 3 rings (SSSR count). The van der Waals surface area contributed by atoms with Gasteiger partial charge in [0.2, 0.25) is 0 Å². The Bertz CT molecular complexity index is 591. The van der Waals surface area contributed by atoms with Crippen LogP contribution in [0.5, 0.6) is 0 Å². The molecule has 2 aliphatic heterocycles. The SMILES string of the molecule is CN=C(NCc1ccc(CN2CCCCCC2)cc1)NCC1(C)CCCO1.I. The van der Waals surface area contributed by atoms with E-state index in [1.165, 1.54) is 49.9 Å². The zero-order valence-electron chi connectivity index (χ0n) is 17.5. The van der Waals surface area contributed by atoms with Crippen molar-refractivity contribution >= 4 is 29.9 Å². The number of ether oxygens (including phenoxy) is 1. The van der Waals surface area contributed by atoms with Crippen molar-refractivity contribution < 1.29 is 4.74 Å². The van der Waals surface area contributed by atoms with E-state index < -0.39 is 0 Å². The average molecular weight is 500 g/mol. The number of guanidine groups is 1. The first-order valence-electron chi connectivity index (χ1n) is 10.6. The first kappa shape index (κ1) is 23.4. The summed E-state index contributed by atoms with van der Waals surface area (Å²) in [7, 11) is 1.82. The van der Waals surface area contributed by atoms with E-state index in [9.17, 15) is 0 Å². The molecule has 0 saturated carbocycles. The van der Waals surface area contributed by atoms with Crippen LogP contribution in [0, 0.1) is 0 Å². The molecule has 1 atom stereocenters. The summed E-state index contributed by atoms with van der Waals surface area (Å²) in [5.41, 5.74) is 2.63. The summed E-state index contributed by atoms with van der Waals surface area (Å²) in [6.07, 6.45) is 7.73. The zero-order valence-corrected chi connectivity index (χ0v) is 19.8. The van der Waals surface area contributed by atoms with Crippen molar-refractivity contribution in [2.45, 2.75) is 64.1 Å². The molecule has 2 heterocycles. The largest absolute Gasteiger partial charge is 0.373 e. The van der Waals surface area contributed by atoms with Gasteiger partial charge in [-0.1, -0.05) is 37.1 Å². The topological polar surface area (TPSA) is 48.9 Å². The second kappa shape index (κ2) is 12.0. The highest BCUT2D eigenvalue weighted by Gasteiger charge is 2.29. The molecule has 0 aromatic heterocycles. The third kappa shape index (κ3) is 7.52. The third-order valence-corrected chi connectivity index (χ3v) is 5.74. The lowest BCUT2D eigenvalue weighted by atomic mass is 10.0. The summed E-state index contributed by atoms with van der Waals surface area (Å²) in [6, 6.07) is 9.00. The van der Waals surface area contributed by atoms with Gasteiger partial charge in [-0.2, -0.15) is 0 Å². The number of benzene rings is 1. The predicted molar refractivity (Wildman–Crippen MR) is 127 cm³/mol. The number of hydrogen-bond acceptors (Lipinski definition) is 3. The number of nitrogens with one attached hydrogen (secondary N) is 2. The highest BCUT2D eigenvalue weighted by atomic mass is 127. The first-order valence-corrected chi connectivity index (χ1v) is 10.6. The molecule has 0 amide bonds. The van der Waals surface area contributed by atoms with Crippen molar-refractivity contribution in [1.82, 2.24) is 15.5 Å². The van der Waals surface area contributed by atoms with E-state index in [1.54, 1.807) is 0 Å². The Morgan fingerprint density at radius 2 is 1.71 bits per heavy atom. The monoisotopic (exact) mass is 500 g/mol. The van der Waals surface area contributed by atoms with Gasteiger partial charge in [0.05, 0.1) is 5.60 Å². The first-order chi connectivity index (χ1) is 13.2. The van der Waals surface area contributed by atoms with Gasteiger partial charge in [0.1, 0.15) is 0 Å². The van der Waals surface area contributed by atoms with Gasteiger partial charge in [-0.3, -0.25) is 9.89 Å². The van der Waals surface area contributed by atoms with Gasteiger partial charge in [-0.25, -0.2) is 0 Å². The smallest absolute Gasteiger partial charge is 0.191 e. The summed E-state index contributed by atoms with van der Waals surface area (Å²) in [6.45, 7) is 8.18. The predicted octanol–water partition coefficient (Wildman–Crippen LogP) is 3.91.